The summed E-state index contributed by atoms with van der Waals surface area (Å²) in [6.07, 6.45) is 3.06. The van der Waals surface area contributed by atoms with E-state index in [-0.39, 0.29) is 6.61 Å². The largest absolute Gasteiger partial charge is 0.489 e. The highest BCUT2D eigenvalue weighted by atomic mass is 16.5. The van der Waals surface area contributed by atoms with Crippen molar-refractivity contribution in [2.24, 2.45) is 5.41 Å². The molecule has 0 aliphatic heterocycles. The summed E-state index contributed by atoms with van der Waals surface area (Å²) < 4.78 is 5.28. The van der Waals surface area contributed by atoms with Gasteiger partial charge in [-0.25, -0.2) is 9.97 Å². The molecule has 0 saturated carbocycles. The quantitative estimate of drug-likeness (QED) is 0.810. The van der Waals surface area contributed by atoms with E-state index in [2.05, 4.69) is 9.97 Å². The van der Waals surface area contributed by atoms with E-state index in [1.165, 1.54) is 12.4 Å². The van der Waals surface area contributed by atoms with E-state index in [1.807, 2.05) is 0 Å². The molecule has 0 fully saturated rings. The number of rotatable bonds is 4. The highest BCUT2D eigenvalue weighted by molar-refractivity contribution is 5.73. The Hall–Kier alpha value is -1.65. The lowest BCUT2D eigenvalue weighted by Gasteiger charge is -2.19. The number of carbonyl (C=O) groups is 1. The van der Waals surface area contributed by atoms with E-state index in [9.17, 15) is 4.79 Å². The lowest BCUT2D eigenvalue weighted by atomic mass is 9.95. The Kier molecular flexibility index (Phi) is 3.24. The van der Waals surface area contributed by atoms with Gasteiger partial charge in [0.15, 0.2) is 5.75 Å². The third-order valence-corrected chi connectivity index (χ3v) is 1.94. The molecule has 5 nitrogen and oxygen atoms in total. The molecule has 0 amide bonds. The third kappa shape index (κ3) is 3.19. The Balaban J connectivity index is 2.57. The van der Waals surface area contributed by atoms with Crippen LogP contribution in [0.1, 0.15) is 19.7 Å². The molecule has 1 heterocycles. The number of hydrogen-bond acceptors (Lipinski definition) is 4. The average molecular weight is 210 g/mol. The van der Waals surface area contributed by atoms with Crippen molar-refractivity contribution < 1.29 is 14.6 Å². The molecule has 0 aliphatic carbocycles. The number of carboxylic acids is 1. The van der Waals surface area contributed by atoms with Gasteiger partial charge in [-0.05, 0) is 20.8 Å². The summed E-state index contributed by atoms with van der Waals surface area (Å²) >= 11 is 0. The lowest BCUT2D eigenvalue weighted by Crippen LogP contribution is -2.30. The standard InChI is InChI=1S/C10H14N2O3/c1-7-11-4-8(5-12-7)15-6-10(2,3)9(13)14/h4-5H,6H2,1-3H3,(H,13,14). The van der Waals surface area contributed by atoms with Crippen molar-refractivity contribution in [3.05, 3.63) is 18.2 Å². The van der Waals surface area contributed by atoms with Gasteiger partial charge in [-0.2, -0.15) is 0 Å². The number of aliphatic carboxylic acids is 1. The van der Waals surface area contributed by atoms with Crippen molar-refractivity contribution in [3.63, 3.8) is 0 Å². The Morgan fingerprint density at radius 1 is 1.47 bits per heavy atom. The van der Waals surface area contributed by atoms with Crippen LogP contribution in [0.2, 0.25) is 0 Å². The number of aromatic nitrogens is 2. The first kappa shape index (κ1) is 11.4. The number of hydrogen-bond donors (Lipinski definition) is 1. The first-order valence-electron chi connectivity index (χ1n) is 4.57. The highest BCUT2D eigenvalue weighted by Crippen LogP contribution is 2.17. The molecular weight excluding hydrogens is 196 g/mol. The maximum absolute atomic E-state index is 10.8. The van der Waals surface area contributed by atoms with Gasteiger partial charge in [-0.1, -0.05) is 0 Å². The van der Waals surface area contributed by atoms with E-state index in [0.717, 1.165) is 0 Å². The van der Waals surface area contributed by atoms with Crippen molar-refractivity contribution in [2.75, 3.05) is 6.61 Å². The number of ether oxygens (including phenoxy) is 1. The van der Waals surface area contributed by atoms with Crippen LogP contribution in [-0.4, -0.2) is 27.7 Å². The fraction of sp³-hybridized carbons (Fsp3) is 0.500. The lowest BCUT2D eigenvalue weighted by molar-refractivity contribution is -0.148. The first-order valence-corrected chi connectivity index (χ1v) is 4.57. The summed E-state index contributed by atoms with van der Waals surface area (Å²) in [6, 6.07) is 0. The van der Waals surface area contributed by atoms with E-state index in [1.54, 1.807) is 20.8 Å². The average Bonchev–Trinajstić information content (AvgIpc) is 2.17. The fourth-order valence-corrected chi connectivity index (χ4v) is 0.781. The number of carboxylic acid groups (broad SMARTS) is 1. The Labute approximate surface area is 88.1 Å². The van der Waals surface area contributed by atoms with Gasteiger partial charge < -0.3 is 9.84 Å². The maximum atomic E-state index is 10.8. The molecular formula is C10H14N2O3. The van der Waals surface area contributed by atoms with Gasteiger partial charge >= 0.3 is 5.97 Å². The van der Waals surface area contributed by atoms with Crippen LogP contribution in [0, 0.1) is 12.3 Å². The summed E-state index contributed by atoms with van der Waals surface area (Å²) in [4.78, 5) is 18.7. The van der Waals surface area contributed by atoms with Crippen molar-refractivity contribution >= 4 is 5.97 Å². The van der Waals surface area contributed by atoms with Crippen molar-refractivity contribution in [3.8, 4) is 5.75 Å². The van der Waals surface area contributed by atoms with E-state index < -0.39 is 11.4 Å². The predicted octanol–water partition coefficient (Wildman–Crippen LogP) is 1.27. The Morgan fingerprint density at radius 3 is 2.47 bits per heavy atom. The van der Waals surface area contributed by atoms with Crippen LogP contribution in [0.4, 0.5) is 0 Å². The summed E-state index contributed by atoms with van der Waals surface area (Å²) in [5.74, 6) is 0.241. The third-order valence-electron chi connectivity index (χ3n) is 1.94. The second-order valence-corrected chi connectivity index (χ2v) is 3.94. The van der Waals surface area contributed by atoms with Crippen LogP contribution < -0.4 is 4.74 Å². The molecule has 0 unspecified atom stereocenters. The van der Waals surface area contributed by atoms with Gasteiger partial charge in [-0.3, -0.25) is 4.79 Å². The van der Waals surface area contributed by atoms with Gasteiger partial charge in [0, 0.05) is 0 Å². The van der Waals surface area contributed by atoms with Gasteiger partial charge in [0.25, 0.3) is 0 Å². The first-order chi connectivity index (χ1) is 6.92. The van der Waals surface area contributed by atoms with Gasteiger partial charge in [-0.15, -0.1) is 0 Å². The molecule has 0 aromatic carbocycles. The molecule has 0 spiro atoms. The molecule has 1 aromatic rings. The minimum absolute atomic E-state index is 0.0920. The molecule has 0 saturated heterocycles. The fourth-order valence-electron chi connectivity index (χ4n) is 0.781. The van der Waals surface area contributed by atoms with Crippen LogP contribution in [0.3, 0.4) is 0 Å². The Morgan fingerprint density at radius 2 is 2.00 bits per heavy atom. The van der Waals surface area contributed by atoms with Gasteiger partial charge in [0.2, 0.25) is 0 Å². The normalized spacial score (nSPS) is 11.1. The topological polar surface area (TPSA) is 72.3 Å². The summed E-state index contributed by atoms with van der Waals surface area (Å²) in [5.41, 5.74) is -0.912. The van der Waals surface area contributed by atoms with Crippen LogP contribution in [0.15, 0.2) is 12.4 Å². The number of nitrogens with zero attached hydrogens (tertiary/aromatic N) is 2. The van der Waals surface area contributed by atoms with Crippen molar-refractivity contribution in [2.45, 2.75) is 20.8 Å². The summed E-state index contributed by atoms with van der Waals surface area (Å²) in [7, 11) is 0. The summed E-state index contributed by atoms with van der Waals surface area (Å²) in [5, 5.41) is 8.85. The van der Waals surface area contributed by atoms with Gasteiger partial charge in [0.05, 0.1) is 17.8 Å². The van der Waals surface area contributed by atoms with E-state index >= 15 is 0 Å². The van der Waals surface area contributed by atoms with E-state index in [0.29, 0.717) is 11.6 Å². The van der Waals surface area contributed by atoms with Crippen LogP contribution in [0.25, 0.3) is 0 Å². The molecule has 82 valence electrons. The minimum atomic E-state index is -0.912. The highest BCUT2D eigenvalue weighted by Gasteiger charge is 2.28. The predicted molar refractivity (Wildman–Crippen MR) is 53.7 cm³/mol. The monoisotopic (exact) mass is 210 g/mol. The molecule has 0 atom stereocenters. The Bertz CT molecular complexity index is 346. The van der Waals surface area contributed by atoms with Crippen LogP contribution >= 0.6 is 0 Å². The molecule has 0 bridgehead atoms. The van der Waals surface area contributed by atoms with Gasteiger partial charge in [0.1, 0.15) is 12.4 Å². The second-order valence-electron chi connectivity index (χ2n) is 3.94. The van der Waals surface area contributed by atoms with Crippen LogP contribution in [-0.2, 0) is 4.79 Å². The van der Waals surface area contributed by atoms with E-state index in [4.69, 9.17) is 9.84 Å². The summed E-state index contributed by atoms with van der Waals surface area (Å²) in [6.45, 7) is 5.06. The number of aryl methyl sites for hydroxylation is 1. The molecule has 1 aromatic heterocycles. The molecule has 1 N–H and O–H groups in total. The second kappa shape index (κ2) is 4.25. The molecule has 15 heavy (non-hydrogen) atoms. The minimum Gasteiger partial charge on any atom is -0.489 e. The van der Waals surface area contributed by atoms with Crippen LogP contribution in [0.5, 0.6) is 5.75 Å². The SMILES string of the molecule is Cc1ncc(OCC(C)(C)C(=O)O)cn1. The molecule has 0 aliphatic rings. The molecule has 5 heteroatoms. The van der Waals surface area contributed by atoms with Crippen molar-refractivity contribution in [1.82, 2.24) is 9.97 Å². The zero-order chi connectivity index (χ0) is 11.5. The smallest absolute Gasteiger partial charge is 0.312 e. The zero-order valence-electron chi connectivity index (χ0n) is 9.02. The molecule has 0 radical (unpaired) electrons. The van der Waals surface area contributed by atoms with Crippen molar-refractivity contribution in [1.29, 1.82) is 0 Å². The zero-order valence-corrected chi connectivity index (χ0v) is 9.02. The molecule has 1 rings (SSSR count). The maximum Gasteiger partial charge on any atom is 0.312 e.